The van der Waals surface area contributed by atoms with Crippen LogP contribution < -0.4 is 0 Å². The van der Waals surface area contributed by atoms with E-state index in [9.17, 15) is 14.3 Å². The van der Waals surface area contributed by atoms with Crippen molar-refractivity contribution in [1.29, 1.82) is 0 Å². The van der Waals surface area contributed by atoms with Gasteiger partial charge in [0, 0.05) is 34.6 Å². The second-order valence-corrected chi connectivity index (χ2v) is 12.5. The number of phenolic OH excluding ortho intramolecular Hbond substituents is 1. The fourth-order valence-electron chi connectivity index (χ4n) is 5.62. The van der Waals surface area contributed by atoms with E-state index < -0.39 is 5.82 Å². The van der Waals surface area contributed by atoms with Crippen molar-refractivity contribution in [2.45, 2.75) is 59.9 Å². The van der Waals surface area contributed by atoms with Gasteiger partial charge in [0.05, 0.1) is 23.2 Å². The zero-order chi connectivity index (χ0) is 29.7. The number of Topliss-reactive ketones (excluding diaryl/α,β-unsaturated/α-hetero) is 1. The van der Waals surface area contributed by atoms with Gasteiger partial charge in [-0.15, -0.1) is 11.3 Å². The molecule has 7 nitrogen and oxygen atoms in total. The molecule has 1 N–H and O–H groups in total. The lowest BCUT2D eigenvalue weighted by Crippen LogP contribution is -2.15. The first-order valence-electron chi connectivity index (χ1n) is 14.0. The molecule has 1 saturated carbocycles. The quantitative estimate of drug-likeness (QED) is 0.150. The second-order valence-electron chi connectivity index (χ2n) is 11.3. The largest absolute Gasteiger partial charge is 0.508 e. The molecule has 5 aromatic rings. The number of hydrogen-bond acceptors (Lipinski definition) is 7. The number of aromatic nitrogens is 4. The zero-order valence-electron chi connectivity index (χ0n) is 24.3. The van der Waals surface area contributed by atoms with Gasteiger partial charge in [0.1, 0.15) is 28.6 Å². The van der Waals surface area contributed by atoms with E-state index in [1.807, 2.05) is 26.0 Å². The number of halogens is 1. The molecule has 0 aliphatic heterocycles. The average molecular weight is 582 g/mol. The van der Waals surface area contributed by atoms with E-state index in [1.54, 1.807) is 17.9 Å². The van der Waals surface area contributed by atoms with Gasteiger partial charge in [-0.05, 0) is 68.9 Å². The van der Waals surface area contributed by atoms with Crippen molar-refractivity contribution in [3.8, 4) is 17.0 Å². The van der Waals surface area contributed by atoms with Crippen molar-refractivity contribution < 1.29 is 14.3 Å². The van der Waals surface area contributed by atoms with Crippen molar-refractivity contribution in [1.82, 2.24) is 19.7 Å². The van der Waals surface area contributed by atoms with Crippen LogP contribution in [0.15, 0.2) is 53.8 Å². The van der Waals surface area contributed by atoms with Crippen molar-refractivity contribution in [2.24, 2.45) is 10.9 Å². The third-order valence-electron chi connectivity index (χ3n) is 8.14. The number of hydrogen-bond donors (Lipinski definition) is 1. The maximum atomic E-state index is 14.5. The highest BCUT2D eigenvalue weighted by Crippen LogP contribution is 2.49. The molecule has 6 rings (SSSR count). The highest BCUT2D eigenvalue weighted by Gasteiger charge is 2.38. The lowest BCUT2D eigenvalue weighted by Gasteiger charge is -2.11. The number of rotatable bonds is 8. The van der Waals surface area contributed by atoms with Crippen molar-refractivity contribution >= 4 is 38.9 Å². The Bertz CT molecular complexity index is 1870. The van der Waals surface area contributed by atoms with E-state index in [0.29, 0.717) is 46.4 Å². The maximum Gasteiger partial charge on any atom is 0.163 e. The fraction of sp³-hybridized carbons (Fsp3) is 0.303. The number of nitrogens with zero attached hydrogens (tertiary/aromatic N) is 5. The Hall–Kier alpha value is -4.24. The molecule has 0 radical (unpaired) electrons. The SMILES string of the molecule is CC(=O)c1c(N=C(Cc2ccccc2C)Cn2nc(-c3cc(O)cc(F)c3)c3c(C4CC4C)ncnc32)sc(C)c1C. The van der Waals surface area contributed by atoms with Crippen LogP contribution >= 0.6 is 11.3 Å². The topological polar surface area (TPSA) is 93.3 Å². The first-order valence-corrected chi connectivity index (χ1v) is 14.9. The van der Waals surface area contributed by atoms with Crippen LogP contribution in [0, 0.1) is 32.5 Å². The van der Waals surface area contributed by atoms with Gasteiger partial charge < -0.3 is 5.11 Å². The number of carbonyl (C=O) groups is 1. The highest BCUT2D eigenvalue weighted by atomic mass is 32.1. The van der Waals surface area contributed by atoms with Crippen LogP contribution in [0.5, 0.6) is 5.75 Å². The van der Waals surface area contributed by atoms with E-state index >= 15 is 0 Å². The molecule has 2 unspecified atom stereocenters. The normalized spacial score (nSPS) is 16.8. The molecule has 0 bridgehead atoms. The Kier molecular flexibility index (Phi) is 7.22. The third kappa shape index (κ3) is 5.25. The summed E-state index contributed by atoms with van der Waals surface area (Å²) < 4.78 is 16.2. The number of aliphatic imine (C=N–C) groups is 1. The second kappa shape index (κ2) is 10.9. The minimum Gasteiger partial charge on any atom is -0.508 e. The summed E-state index contributed by atoms with van der Waals surface area (Å²) in [7, 11) is 0. The van der Waals surface area contributed by atoms with Crippen LogP contribution in [0.1, 0.15) is 63.8 Å². The van der Waals surface area contributed by atoms with Gasteiger partial charge in [-0.1, -0.05) is 31.2 Å². The monoisotopic (exact) mass is 581 g/mol. The van der Waals surface area contributed by atoms with Crippen molar-refractivity contribution in [3.63, 3.8) is 0 Å². The Balaban J connectivity index is 1.53. The molecule has 1 aliphatic rings. The predicted molar refractivity (Wildman–Crippen MR) is 165 cm³/mol. The molecular weight excluding hydrogens is 549 g/mol. The first-order chi connectivity index (χ1) is 20.1. The minimum absolute atomic E-state index is 0.0143. The Labute approximate surface area is 247 Å². The number of aryl methyl sites for hydroxylation is 2. The summed E-state index contributed by atoms with van der Waals surface area (Å²) in [5.41, 5.74) is 7.18. The summed E-state index contributed by atoms with van der Waals surface area (Å²) in [6.45, 7) is 10.1. The molecule has 3 heterocycles. The lowest BCUT2D eigenvalue weighted by atomic mass is 10.0. The van der Waals surface area contributed by atoms with E-state index in [1.165, 1.54) is 23.5 Å². The molecule has 2 aromatic carbocycles. The molecule has 0 spiro atoms. The molecule has 1 fully saturated rings. The number of fused-ring (bicyclic) bond motifs is 1. The maximum absolute atomic E-state index is 14.5. The Morgan fingerprint density at radius 1 is 1.17 bits per heavy atom. The summed E-state index contributed by atoms with van der Waals surface area (Å²) in [6.07, 6.45) is 3.12. The molecule has 9 heteroatoms. The van der Waals surface area contributed by atoms with E-state index in [2.05, 4.69) is 35.9 Å². The third-order valence-corrected chi connectivity index (χ3v) is 9.24. The molecular formula is C33H32FN5O2S. The fourth-order valence-corrected chi connectivity index (χ4v) is 6.73. The average Bonchev–Trinajstić information content (AvgIpc) is 3.44. The first kappa shape index (κ1) is 27.9. The number of ketones is 1. The zero-order valence-corrected chi connectivity index (χ0v) is 25.1. The van der Waals surface area contributed by atoms with Gasteiger partial charge >= 0.3 is 0 Å². The Morgan fingerprint density at radius 2 is 1.93 bits per heavy atom. The van der Waals surface area contributed by atoms with Gasteiger partial charge in [0.15, 0.2) is 11.4 Å². The summed E-state index contributed by atoms with van der Waals surface area (Å²) in [6, 6.07) is 12.1. The molecule has 3 aromatic heterocycles. The van der Waals surface area contributed by atoms with Crippen LogP contribution in [0.25, 0.3) is 22.3 Å². The molecule has 0 amide bonds. The molecule has 0 saturated heterocycles. The van der Waals surface area contributed by atoms with Crippen molar-refractivity contribution in [2.75, 3.05) is 0 Å². The van der Waals surface area contributed by atoms with Gasteiger partial charge in [-0.25, -0.2) is 24.0 Å². The van der Waals surface area contributed by atoms with Crippen LogP contribution in [-0.4, -0.2) is 36.3 Å². The van der Waals surface area contributed by atoms with Crippen LogP contribution in [-0.2, 0) is 13.0 Å². The van der Waals surface area contributed by atoms with Crippen LogP contribution in [0.2, 0.25) is 0 Å². The standard InChI is InChI=1S/C33H32FN5O2S/c1-17-8-6-7-9-22(17)12-25(37-33-28(20(4)40)19(3)21(5)42-33)15-39-32-29(31(35-16-36-32)27-10-18(27)2)30(38-39)23-11-24(34)14-26(41)13-23/h6-9,11,13-14,16,18,27,41H,10,12,15H2,1-5H3. The molecule has 2 atom stereocenters. The molecule has 214 valence electrons. The van der Waals surface area contributed by atoms with Crippen LogP contribution in [0.4, 0.5) is 9.39 Å². The smallest absolute Gasteiger partial charge is 0.163 e. The van der Waals surface area contributed by atoms with E-state index in [-0.39, 0.29) is 17.5 Å². The Morgan fingerprint density at radius 3 is 2.62 bits per heavy atom. The number of carbonyl (C=O) groups excluding carboxylic acids is 1. The van der Waals surface area contributed by atoms with E-state index in [4.69, 9.17) is 10.1 Å². The molecule has 42 heavy (non-hydrogen) atoms. The summed E-state index contributed by atoms with van der Waals surface area (Å²) >= 11 is 1.51. The summed E-state index contributed by atoms with van der Waals surface area (Å²) in [5.74, 6) is 0.0124. The number of thiophene rings is 1. The number of benzene rings is 2. The van der Waals surface area contributed by atoms with Gasteiger partial charge in [0.25, 0.3) is 0 Å². The highest BCUT2D eigenvalue weighted by molar-refractivity contribution is 7.16. The van der Waals surface area contributed by atoms with E-state index in [0.717, 1.165) is 50.8 Å². The lowest BCUT2D eigenvalue weighted by molar-refractivity contribution is 0.101. The molecule has 1 aliphatic carbocycles. The van der Waals surface area contributed by atoms with Crippen LogP contribution in [0.3, 0.4) is 0 Å². The van der Waals surface area contributed by atoms with Gasteiger partial charge in [0.2, 0.25) is 0 Å². The number of phenols is 1. The number of aromatic hydroxyl groups is 1. The van der Waals surface area contributed by atoms with Crippen molar-refractivity contribution in [3.05, 3.63) is 87.4 Å². The predicted octanol–water partition coefficient (Wildman–Crippen LogP) is 7.67. The van der Waals surface area contributed by atoms with Gasteiger partial charge in [-0.2, -0.15) is 5.10 Å². The summed E-state index contributed by atoms with van der Waals surface area (Å²) in [4.78, 5) is 28.1. The minimum atomic E-state index is -0.548. The van der Waals surface area contributed by atoms with Gasteiger partial charge in [-0.3, -0.25) is 4.79 Å². The summed E-state index contributed by atoms with van der Waals surface area (Å²) in [5, 5.41) is 16.6.